The third kappa shape index (κ3) is 2.95. The second-order valence-electron chi connectivity index (χ2n) is 4.80. The highest BCUT2D eigenvalue weighted by Gasteiger charge is 2.33. The van der Waals surface area contributed by atoms with Crippen LogP contribution in [0.15, 0.2) is 0 Å². The Morgan fingerprint density at radius 1 is 1.38 bits per heavy atom. The molecule has 0 aromatic rings. The molecule has 0 aromatic carbocycles. The maximum atomic E-state index is 12.0. The summed E-state index contributed by atoms with van der Waals surface area (Å²) in [5.74, 6) is -0.122. The topological polar surface area (TPSA) is 75.4 Å². The first kappa shape index (κ1) is 13.5. The van der Waals surface area contributed by atoms with Crippen molar-refractivity contribution in [2.45, 2.75) is 70.1 Å². The molecule has 0 saturated heterocycles. The molecule has 2 atom stereocenters. The number of carbonyl (C=O) groups excluding carboxylic acids is 1. The normalized spacial score (nSPS) is 26.5. The largest absolute Gasteiger partial charge is 0.391 e. The fourth-order valence-electron chi connectivity index (χ4n) is 2.16. The molecular formula is C12H24N2O2. The molecule has 4 N–H and O–H groups in total. The molecule has 1 aliphatic carbocycles. The lowest BCUT2D eigenvalue weighted by Crippen LogP contribution is -2.57. The molecule has 1 fully saturated rings. The van der Waals surface area contributed by atoms with E-state index < -0.39 is 11.6 Å². The first-order valence-corrected chi connectivity index (χ1v) is 6.31. The molecule has 0 aliphatic heterocycles. The van der Waals surface area contributed by atoms with E-state index in [1.165, 1.54) is 0 Å². The zero-order chi connectivity index (χ0) is 12.2. The van der Waals surface area contributed by atoms with E-state index in [9.17, 15) is 9.90 Å². The van der Waals surface area contributed by atoms with Gasteiger partial charge in [-0.2, -0.15) is 0 Å². The number of nitrogens with one attached hydrogen (secondary N) is 1. The summed E-state index contributed by atoms with van der Waals surface area (Å²) in [4.78, 5) is 12.0. The predicted molar refractivity (Wildman–Crippen MR) is 63.9 cm³/mol. The van der Waals surface area contributed by atoms with Gasteiger partial charge in [-0.15, -0.1) is 0 Å². The van der Waals surface area contributed by atoms with Crippen LogP contribution in [0.4, 0.5) is 0 Å². The standard InChI is InChI=1S/C12H24N2O2/c1-3-12(13,4-2)11(16)14-9-7-5-6-8-10(9)15/h9-10,15H,3-8,13H2,1-2H3,(H,14,16)/t9-,10-/m1/s1. The average Bonchev–Trinajstić information content (AvgIpc) is 2.31. The van der Waals surface area contributed by atoms with Crippen molar-refractivity contribution < 1.29 is 9.90 Å². The fraction of sp³-hybridized carbons (Fsp3) is 0.917. The van der Waals surface area contributed by atoms with Crippen molar-refractivity contribution in [1.29, 1.82) is 0 Å². The van der Waals surface area contributed by atoms with E-state index in [1.807, 2.05) is 13.8 Å². The number of hydrogen-bond acceptors (Lipinski definition) is 3. The molecule has 0 radical (unpaired) electrons. The van der Waals surface area contributed by atoms with Gasteiger partial charge in [-0.1, -0.05) is 26.7 Å². The van der Waals surface area contributed by atoms with E-state index in [-0.39, 0.29) is 11.9 Å². The summed E-state index contributed by atoms with van der Waals surface area (Å²) in [6.45, 7) is 3.83. The molecule has 0 bridgehead atoms. The molecule has 0 unspecified atom stereocenters. The number of rotatable bonds is 4. The Bertz CT molecular complexity index is 239. The molecule has 4 heteroatoms. The molecule has 1 rings (SSSR count). The SMILES string of the molecule is CCC(N)(CC)C(=O)N[C@@H]1CCCC[C@H]1O. The highest BCUT2D eigenvalue weighted by molar-refractivity contribution is 5.86. The van der Waals surface area contributed by atoms with Gasteiger partial charge in [0.2, 0.25) is 5.91 Å². The van der Waals surface area contributed by atoms with Crippen molar-refractivity contribution in [2.75, 3.05) is 0 Å². The summed E-state index contributed by atoms with van der Waals surface area (Å²) >= 11 is 0. The molecule has 1 saturated carbocycles. The van der Waals surface area contributed by atoms with E-state index in [4.69, 9.17) is 5.73 Å². The first-order valence-electron chi connectivity index (χ1n) is 6.31. The third-order valence-electron chi connectivity index (χ3n) is 3.76. The van der Waals surface area contributed by atoms with Crippen LogP contribution in [0.1, 0.15) is 52.4 Å². The van der Waals surface area contributed by atoms with Crippen molar-refractivity contribution in [3.63, 3.8) is 0 Å². The van der Waals surface area contributed by atoms with Crippen LogP contribution < -0.4 is 11.1 Å². The molecule has 1 amide bonds. The van der Waals surface area contributed by atoms with E-state index in [1.54, 1.807) is 0 Å². The Morgan fingerprint density at radius 2 is 1.94 bits per heavy atom. The predicted octanol–water partition coefficient (Wildman–Crippen LogP) is 0.924. The summed E-state index contributed by atoms with van der Waals surface area (Å²) < 4.78 is 0. The van der Waals surface area contributed by atoms with Gasteiger partial charge in [0.25, 0.3) is 0 Å². The van der Waals surface area contributed by atoms with E-state index >= 15 is 0 Å². The van der Waals surface area contributed by atoms with Crippen LogP contribution in [-0.4, -0.2) is 28.7 Å². The van der Waals surface area contributed by atoms with Crippen molar-refractivity contribution in [3.8, 4) is 0 Å². The lowest BCUT2D eigenvalue weighted by atomic mass is 9.89. The van der Waals surface area contributed by atoms with Crippen LogP contribution >= 0.6 is 0 Å². The quantitative estimate of drug-likeness (QED) is 0.670. The van der Waals surface area contributed by atoms with Crippen LogP contribution in [-0.2, 0) is 4.79 Å². The average molecular weight is 228 g/mol. The van der Waals surface area contributed by atoms with Gasteiger partial charge in [-0.05, 0) is 25.7 Å². The van der Waals surface area contributed by atoms with Crippen LogP contribution in [0.2, 0.25) is 0 Å². The Labute approximate surface area is 97.6 Å². The number of aliphatic hydroxyl groups excluding tert-OH is 1. The highest BCUT2D eigenvalue weighted by atomic mass is 16.3. The number of nitrogens with two attached hydrogens (primary N) is 1. The summed E-state index contributed by atoms with van der Waals surface area (Å²) in [6.07, 6.45) is 4.59. The number of amides is 1. The van der Waals surface area contributed by atoms with Crippen molar-refractivity contribution >= 4 is 5.91 Å². The smallest absolute Gasteiger partial charge is 0.240 e. The van der Waals surface area contributed by atoms with Crippen molar-refractivity contribution in [1.82, 2.24) is 5.32 Å². The molecule has 4 nitrogen and oxygen atoms in total. The molecule has 1 aliphatic rings. The Morgan fingerprint density at radius 3 is 2.44 bits per heavy atom. The first-order chi connectivity index (χ1) is 7.53. The molecule has 16 heavy (non-hydrogen) atoms. The van der Waals surface area contributed by atoms with Gasteiger partial charge in [-0.25, -0.2) is 0 Å². The van der Waals surface area contributed by atoms with E-state index in [0.29, 0.717) is 12.8 Å². The van der Waals surface area contributed by atoms with Gasteiger partial charge in [0.15, 0.2) is 0 Å². The number of hydrogen-bond donors (Lipinski definition) is 3. The lowest BCUT2D eigenvalue weighted by molar-refractivity contribution is -0.128. The second kappa shape index (κ2) is 5.64. The zero-order valence-corrected chi connectivity index (χ0v) is 10.3. The monoisotopic (exact) mass is 228 g/mol. The van der Waals surface area contributed by atoms with Gasteiger partial charge in [0.05, 0.1) is 17.7 Å². The molecule has 94 valence electrons. The zero-order valence-electron chi connectivity index (χ0n) is 10.3. The minimum absolute atomic E-state index is 0.109. The summed E-state index contributed by atoms with van der Waals surface area (Å²) in [6, 6.07) is -0.109. The van der Waals surface area contributed by atoms with Gasteiger partial charge >= 0.3 is 0 Å². The highest BCUT2D eigenvalue weighted by Crippen LogP contribution is 2.20. The van der Waals surface area contributed by atoms with Crippen molar-refractivity contribution in [2.24, 2.45) is 5.73 Å². The van der Waals surface area contributed by atoms with Crippen LogP contribution in [0, 0.1) is 0 Å². The second-order valence-corrected chi connectivity index (χ2v) is 4.80. The Balaban J connectivity index is 2.55. The van der Waals surface area contributed by atoms with Gasteiger partial charge in [0.1, 0.15) is 0 Å². The molecule has 0 spiro atoms. The third-order valence-corrected chi connectivity index (χ3v) is 3.76. The van der Waals surface area contributed by atoms with Crippen LogP contribution in [0.5, 0.6) is 0 Å². The number of carbonyl (C=O) groups is 1. The summed E-state index contributed by atoms with van der Waals surface area (Å²) in [5.41, 5.74) is 5.23. The Hall–Kier alpha value is -0.610. The lowest BCUT2D eigenvalue weighted by Gasteiger charge is -2.33. The van der Waals surface area contributed by atoms with E-state index in [0.717, 1.165) is 25.7 Å². The van der Waals surface area contributed by atoms with Crippen molar-refractivity contribution in [3.05, 3.63) is 0 Å². The minimum Gasteiger partial charge on any atom is -0.391 e. The fourth-order valence-corrected chi connectivity index (χ4v) is 2.16. The van der Waals surface area contributed by atoms with E-state index in [2.05, 4.69) is 5.32 Å². The summed E-state index contributed by atoms with van der Waals surface area (Å²) in [7, 11) is 0. The molecule has 0 heterocycles. The van der Waals surface area contributed by atoms with Crippen LogP contribution in [0.25, 0.3) is 0 Å². The Kier molecular flexibility index (Phi) is 4.74. The molecule has 0 aromatic heterocycles. The minimum atomic E-state index is -0.781. The van der Waals surface area contributed by atoms with Crippen LogP contribution in [0.3, 0.4) is 0 Å². The van der Waals surface area contributed by atoms with Gasteiger partial charge < -0.3 is 16.2 Å². The van der Waals surface area contributed by atoms with Gasteiger partial charge in [0, 0.05) is 0 Å². The number of aliphatic hydroxyl groups is 1. The maximum absolute atomic E-state index is 12.0. The maximum Gasteiger partial charge on any atom is 0.240 e. The molecular weight excluding hydrogens is 204 g/mol. The summed E-state index contributed by atoms with van der Waals surface area (Å²) in [5, 5.41) is 12.7. The van der Waals surface area contributed by atoms with Gasteiger partial charge in [-0.3, -0.25) is 4.79 Å².